The number of pyridine rings is 1. The Kier molecular flexibility index (Phi) is 9.22. The Hall–Kier alpha value is -2.22. The number of halogens is 1. The van der Waals surface area contributed by atoms with Gasteiger partial charge in [0.1, 0.15) is 17.2 Å². The van der Waals surface area contributed by atoms with Gasteiger partial charge in [0.15, 0.2) is 0 Å². The average Bonchev–Trinajstić information content (AvgIpc) is 2.66. The van der Waals surface area contributed by atoms with Crippen LogP contribution in [0.1, 0.15) is 69.7 Å². The molecule has 1 amide bonds. The van der Waals surface area contributed by atoms with Gasteiger partial charge in [-0.1, -0.05) is 0 Å². The van der Waals surface area contributed by atoms with Gasteiger partial charge in [-0.3, -0.25) is 9.59 Å². The van der Waals surface area contributed by atoms with Crippen molar-refractivity contribution in [3.8, 4) is 0 Å². The van der Waals surface area contributed by atoms with Gasteiger partial charge >= 0.3 is 5.97 Å². The summed E-state index contributed by atoms with van der Waals surface area (Å²) in [6, 6.07) is 1.23. The maximum Gasteiger partial charge on any atom is 0.306 e. The van der Waals surface area contributed by atoms with E-state index in [1.165, 1.54) is 6.07 Å². The summed E-state index contributed by atoms with van der Waals surface area (Å²) < 4.78 is 19.2. The quantitative estimate of drug-likeness (QED) is 0.455. The molecule has 0 aliphatic heterocycles. The van der Waals surface area contributed by atoms with Crippen LogP contribution >= 0.6 is 0 Å². The standard InChI is InChI=1S/C23H37FN4O3/c1-23(2,3)31-20(29)13-16-7-9-18(10-8-16)27-22(30)19-14-17(24)15-26-21(19)25-11-6-12-28(4)5/h14-16,18H,6-13H2,1-5H3,(H,25,26)(H,27,30). The van der Waals surface area contributed by atoms with Crippen LogP contribution in [0.5, 0.6) is 0 Å². The number of carbonyl (C=O) groups excluding carboxylic acids is 2. The van der Waals surface area contributed by atoms with Crippen molar-refractivity contribution in [2.45, 2.75) is 70.9 Å². The van der Waals surface area contributed by atoms with E-state index in [9.17, 15) is 14.0 Å². The second-order valence-corrected chi connectivity index (χ2v) is 9.61. The summed E-state index contributed by atoms with van der Waals surface area (Å²) in [5, 5.41) is 6.16. The second kappa shape index (κ2) is 11.4. The molecule has 2 N–H and O–H groups in total. The van der Waals surface area contributed by atoms with Gasteiger partial charge in [0.05, 0.1) is 11.8 Å². The van der Waals surface area contributed by atoms with E-state index in [1.807, 2.05) is 34.9 Å². The lowest BCUT2D eigenvalue weighted by atomic mass is 9.84. The lowest BCUT2D eigenvalue weighted by Gasteiger charge is -2.29. The summed E-state index contributed by atoms with van der Waals surface area (Å²) in [4.78, 5) is 31.0. The number of amides is 1. The van der Waals surface area contributed by atoms with Crippen molar-refractivity contribution in [2.24, 2.45) is 5.92 Å². The first-order chi connectivity index (χ1) is 14.5. The SMILES string of the molecule is CN(C)CCCNc1ncc(F)cc1C(=O)NC1CCC(CC(=O)OC(C)(C)C)CC1. The maximum absolute atomic E-state index is 13.7. The highest BCUT2D eigenvalue weighted by Gasteiger charge is 2.27. The van der Waals surface area contributed by atoms with Gasteiger partial charge in [0.2, 0.25) is 0 Å². The second-order valence-electron chi connectivity index (χ2n) is 9.61. The summed E-state index contributed by atoms with van der Waals surface area (Å²) in [6.45, 7) is 7.15. The van der Waals surface area contributed by atoms with Crippen LogP contribution in [0.15, 0.2) is 12.3 Å². The zero-order chi connectivity index (χ0) is 23.0. The fourth-order valence-corrected chi connectivity index (χ4v) is 3.75. The largest absolute Gasteiger partial charge is 0.460 e. The molecule has 1 aliphatic rings. The van der Waals surface area contributed by atoms with E-state index < -0.39 is 11.4 Å². The zero-order valence-corrected chi connectivity index (χ0v) is 19.5. The van der Waals surface area contributed by atoms with E-state index in [2.05, 4.69) is 20.5 Å². The average molecular weight is 437 g/mol. The predicted octanol–water partition coefficient (Wildman–Crippen LogP) is 3.60. The highest BCUT2D eigenvalue weighted by atomic mass is 19.1. The molecule has 0 bridgehead atoms. The van der Waals surface area contributed by atoms with Crippen molar-refractivity contribution in [3.63, 3.8) is 0 Å². The molecule has 2 rings (SSSR count). The number of rotatable bonds is 9. The van der Waals surface area contributed by atoms with Crippen LogP contribution in [-0.2, 0) is 9.53 Å². The molecule has 0 spiro atoms. The Balaban J connectivity index is 1.85. The summed E-state index contributed by atoms with van der Waals surface area (Å²) in [7, 11) is 3.99. The molecule has 0 aromatic carbocycles. The Labute approximate surface area is 185 Å². The number of hydrogen-bond donors (Lipinski definition) is 2. The fraction of sp³-hybridized carbons (Fsp3) is 0.696. The summed E-state index contributed by atoms with van der Waals surface area (Å²) in [5.41, 5.74) is -0.250. The van der Waals surface area contributed by atoms with Crippen molar-refractivity contribution in [3.05, 3.63) is 23.6 Å². The molecule has 1 aliphatic carbocycles. The molecule has 1 aromatic rings. The topological polar surface area (TPSA) is 83.6 Å². The van der Waals surface area contributed by atoms with E-state index in [1.54, 1.807) is 0 Å². The molecule has 1 heterocycles. The minimum Gasteiger partial charge on any atom is -0.460 e. The third-order valence-corrected chi connectivity index (χ3v) is 5.23. The van der Waals surface area contributed by atoms with Gasteiger partial charge < -0.3 is 20.3 Å². The smallest absolute Gasteiger partial charge is 0.306 e. The van der Waals surface area contributed by atoms with Crippen molar-refractivity contribution < 1.29 is 18.7 Å². The van der Waals surface area contributed by atoms with Crippen LogP contribution in [0.4, 0.5) is 10.2 Å². The molecule has 1 aromatic heterocycles. The van der Waals surface area contributed by atoms with Crippen molar-refractivity contribution in [2.75, 3.05) is 32.5 Å². The first kappa shape index (κ1) is 25.0. The summed E-state index contributed by atoms with van der Waals surface area (Å²) in [5.74, 6) is -0.359. The fourth-order valence-electron chi connectivity index (χ4n) is 3.75. The van der Waals surface area contributed by atoms with Gasteiger partial charge in [-0.05, 0) is 85.5 Å². The number of esters is 1. The van der Waals surface area contributed by atoms with Gasteiger partial charge in [-0.25, -0.2) is 9.37 Å². The summed E-state index contributed by atoms with van der Waals surface area (Å²) >= 11 is 0. The first-order valence-corrected chi connectivity index (χ1v) is 11.1. The molecule has 7 nitrogen and oxygen atoms in total. The normalized spacial score (nSPS) is 19.2. The number of hydrogen-bond acceptors (Lipinski definition) is 6. The Morgan fingerprint density at radius 3 is 2.52 bits per heavy atom. The van der Waals surface area contributed by atoms with Crippen LogP contribution < -0.4 is 10.6 Å². The minimum atomic E-state index is -0.537. The van der Waals surface area contributed by atoms with Crippen LogP contribution in [-0.4, -0.2) is 60.6 Å². The van der Waals surface area contributed by atoms with E-state index in [0.29, 0.717) is 18.8 Å². The third kappa shape index (κ3) is 9.21. The predicted molar refractivity (Wildman–Crippen MR) is 120 cm³/mol. The van der Waals surface area contributed by atoms with E-state index in [0.717, 1.165) is 44.8 Å². The Bertz CT molecular complexity index is 741. The zero-order valence-electron chi connectivity index (χ0n) is 19.5. The number of nitrogens with one attached hydrogen (secondary N) is 2. The highest BCUT2D eigenvalue weighted by molar-refractivity contribution is 5.98. The molecule has 0 radical (unpaired) electrons. The lowest BCUT2D eigenvalue weighted by molar-refractivity contribution is -0.156. The number of nitrogens with zero attached hydrogens (tertiary/aromatic N) is 2. The molecule has 8 heteroatoms. The number of anilines is 1. The van der Waals surface area contributed by atoms with E-state index in [-0.39, 0.29) is 29.4 Å². The minimum absolute atomic E-state index is 0.00671. The van der Waals surface area contributed by atoms with E-state index in [4.69, 9.17) is 4.74 Å². The molecular formula is C23H37FN4O3. The number of ether oxygens (including phenoxy) is 1. The molecule has 174 valence electrons. The third-order valence-electron chi connectivity index (χ3n) is 5.23. The molecule has 0 atom stereocenters. The highest BCUT2D eigenvalue weighted by Crippen LogP contribution is 2.28. The van der Waals surface area contributed by atoms with Gasteiger partial charge in [0.25, 0.3) is 5.91 Å². The van der Waals surface area contributed by atoms with Crippen molar-refractivity contribution in [1.29, 1.82) is 0 Å². The molecule has 1 fully saturated rings. The summed E-state index contributed by atoms with van der Waals surface area (Å²) in [6.07, 6.45) is 5.68. The van der Waals surface area contributed by atoms with Crippen LogP contribution in [0.3, 0.4) is 0 Å². The van der Waals surface area contributed by atoms with Gasteiger partial charge in [0, 0.05) is 19.0 Å². The Morgan fingerprint density at radius 2 is 1.90 bits per heavy atom. The van der Waals surface area contributed by atoms with Crippen molar-refractivity contribution in [1.82, 2.24) is 15.2 Å². The molecule has 31 heavy (non-hydrogen) atoms. The van der Waals surface area contributed by atoms with Gasteiger partial charge in [-0.15, -0.1) is 0 Å². The van der Waals surface area contributed by atoms with E-state index >= 15 is 0 Å². The van der Waals surface area contributed by atoms with Crippen LogP contribution in [0.25, 0.3) is 0 Å². The number of aromatic nitrogens is 1. The van der Waals surface area contributed by atoms with Gasteiger partial charge in [-0.2, -0.15) is 0 Å². The molecule has 0 saturated heterocycles. The number of carbonyl (C=O) groups is 2. The first-order valence-electron chi connectivity index (χ1n) is 11.1. The Morgan fingerprint density at radius 1 is 1.23 bits per heavy atom. The lowest BCUT2D eigenvalue weighted by Crippen LogP contribution is -2.38. The maximum atomic E-state index is 13.7. The van der Waals surface area contributed by atoms with Crippen LogP contribution in [0.2, 0.25) is 0 Å². The molecule has 1 saturated carbocycles. The molecule has 0 unspecified atom stereocenters. The monoisotopic (exact) mass is 436 g/mol. The van der Waals surface area contributed by atoms with Crippen molar-refractivity contribution >= 4 is 17.7 Å². The van der Waals surface area contributed by atoms with Crippen LogP contribution in [0, 0.1) is 11.7 Å². The molecular weight excluding hydrogens is 399 g/mol.